The molecule has 0 spiro atoms. The van der Waals surface area contributed by atoms with Gasteiger partial charge in [-0.05, 0) is 37.0 Å². The van der Waals surface area contributed by atoms with Crippen molar-refractivity contribution in [1.82, 2.24) is 14.5 Å². The summed E-state index contributed by atoms with van der Waals surface area (Å²) in [5, 5.41) is 0. The number of fused-ring (bicyclic) bond motifs is 1. The Balaban J connectivity index is 1.71. The van der Waals surface area contributed by atoms with Crippen LogP contribution in [0.15, 0.2) is 18.2 Å². The topological polar surface area (TPSA) is 30.3 Å². The van der Waals surface area contributed by atoms with Crippen LogP contribution < -0.4 is 0 Å². The summed E-state index contributed by atoms with van der Waals surface area (Å²) < 4.78 is 7.78. The molecule has 0 N–H and O–H groups in total. The van der Waals surface area contributed by atoms with E-state index in [4.69, 9.17) is 9.72 Å². The number of rotatable bonds is 5. The molecule has 1 aliphatic rings. The lowest BCUT2D eigenvalue weighted by Gasteiger charge is -2.26. The number of aryl methyl sites for hydroxylation is 2. The van der Waals surface area contributed by atoms with Gasteiger partial charge in [-0.1, -0.05) is 19.9 Å². The molecule has 1 aromatic carbocycles. The van der Waals surface area contributed by atoms with Crippen LogP contribution in [0, 0.1) is 6.92 Å². The molecule has 0 saturated carbocycles. The molecule has 0 atom stereocenters. The summed E-state index contributed by atoms with van der Waals surface area (Å²) in [5.74, 6) is 1.68. The lowest BCUT2D eigenvalue weighted by atomic mass is 10.0. The maximum absolute atomic E-state index is 5.41. The van der Waals surface area contributed by atoms with Crippen molar-refractivity contribution in [3.8, 4) is 0 Å². The van der Waals surface area contributed by atoms with Crippen LogP contribution in [0.2, 0.25) is 0 Å². The summed E-state index contributed by atoms with van der Waals surface area (Å²) in [6, 6.07) is 6.68. The van der Waals surface area contributed by atoms with Crippen LogP contribution in [-0.2, 0) is 11.3 Å². The van der Waals surface area contributed by atoms with Crippen LogP contribution >= 0.6 is 0 Å². The van der Waals surface area contributed by atoms with Gasteiger partial charge in [-0.3, -0.25) is 4.90 Å². The summed E-state index contributed by atoms with van der Waals surface area (Å²) in [6.07, 6.45) is 1.16. The highest BCUT2D eigenvalue weighted by Gasteiger charge is 2.12. The average Bonchev–Trinajstić information content (AvgIpc) is 2.83. The van der Waals surface area contributed by atoms with Crippen LogP contribution in [0.1, 0.15) is 37.6 Å². The normalized spacial score (nSPS) is 16.7. The summed E-state index contributed by atoms with van der Waals surface area (Å²) >= 11 is 0. The van der Waals surface area contributed by atoms with Gasteiger partial charge in [-0.2, -0.15) is 0 Å². The molecule has 4 nitrogen and oxygen atoms in total. The number of benzene rings is 1. The van der Waals surface area contributed by atoms with Gasteiger partial charge in [-0.25, -0.2) is 4.98 Å². The summed E-state index contributed by atoms with van der Waals surface area (Å²) in [7, 11) is 0. The van der Waals surface area contributed by atoms with Gasteiger partial charge in [0.05, 0.1) is 24.2 Å². The molecule has 120 valence electrons. The molecule has 1 aliphatic heterocycles. The Morgan fingerprint density at radius 1 is 1.18 bits per heavy atom. The highest BCUT2D eigenvalue weighted by molar-refractivity contribution is 5.77. The molecule has 0 amide bonds. The van der Waals surface area contributed by atoms with Crippen LogP contribution in [0.5, 0.6) is 0 Å². The Labute approximate surface area is 133 Å². The smallest absolute Gasteiger partial charge is 0.106 e. The number of ether oxygens (including phenoxy) is 1. The largest absolute Gasteiger partial charge is 0.379 e. The van der Waals surface area contributed by atoms with Crippen molar-refractivity contribution in [1.29, 1.82) is 0 Å². The Morgan fingerprint density at radius 3 is 2.68 bits per heavy atom. The third-order valence-corrected chi connectivity index (χ3v) is 4.59. The van der Waals surface area contributed by atoms with Crippen molar-refractivity contribution < 1.29 is 4.74 Å². The predicted molar refractivity (Wildman–Crippen MR) is 90.4 cm³/mol. The van der Waals surface area contributed by atoms with E-state index in [-0.39, 0.29) is 0 Å². The summed E-state index contributed by atoms with van der Waals surface area (Å²) in [4.78, 5) is 7.21. The summed E-state index contributed by atoms with van der Waals surface area (Å²) in [6.45, 7) is 12.7. The molecule has 2 heterocycles. The van der Waals surface area contributed by atoms with E-state index in [1.54, 1.807) is 0 Å². The van der Waals surface area contributed by atoms with Crippen LogP contribution in [-0.4, -0.2) is 47.3 Å². The molecule has 0 aliphatic carbocycles. The molecule has 1 saturated heterocycles. The summed E-state index contributed by atoms with van der Waals surface area (Å²) in [5.41, 5.74) is 3.79. The molecule has 4 heteroatoms. The van der Waals surface area contributed by atoms with E-state index >= 15 is 0 Å². The minimum absolute atomic E-state index is 0.557. The van der Waals surface area contributed by atoms with E-state index in [1.165, 1.54) is 11.1 Å². The van der Waals surface area contributed by atoms with Crippen molar-refractivity contribution in [3.63, 3.8) is 0 Å². The van der Waals surface area contributed by atoms with E-state index in [0.717, 1.165) is 57.2 Å². The molecule has 0 bridgehead atoms. The number of hydrogen-bond donors (Lipinski definition) is 0. The molecule has 2 aromatic rings. The molecule has 0 unspecified atom stereocenters. The van der Waals surface area contributed by atoms with Crippen molar-refractivity contribution in [2.75, 3.05) is 32.8 Å². The zero-order valence-corrected chi connectivity index (χ0v) is 14.0. The SMILES string of the molecule is Cc1nc2ccc(C(C)C)cc2n1CCCN1CCOCC1. The second kappa shape index (κ2) is 6.80. The van der Waals surface area contributed by atoms with Crippen molar-refractivity contribution in [2.45, 2.75) is 39.7 Å². The highest BCUT2D eigenvalue weighted by atomic mass is 16.5. The van der Waals surface area contributed by atoms with Gasteiger partial charge in [0.2, 0.25) is 0 Å². The van der Waals surface area contributed by atoms with E-state index in [9.17, 15) is 0 Å². The predicted octanol–water partition coefficient (Wildman–Crippen LogP) is 3.19. The third-order valence-electron chi connectivity index (χ3n) is 4.59. The van der Waals surface area contributed by atoms with Gasteiger partial charge in [0.15, 0.2) is 0 Å². The average molecular weight is 301 g/mol. The van der Waals surface area contributed by atoms with Gasteiger partial charge in [0, 0.05) is 26.2 Å². The fourth-order valence-corrected chi connectivity index (χ4v) is 3.18. The standard InChI is InChI=1S/C18H27N3O/c1-14(2)16-5-6-17-18(13-16)21(15(3)19-17)8-4-7-20-9-11-22-12-10-20/h5-6,13-14H,4,7-12H2,1-3H3. The molecular weight excluding hydrogens is 274 g/mol. The van der Waals surface area contributed by atoms with Gasteiger partial charge < -0.3 is 9.30 Å². The zero-order valence-electron chi connectivity index (χ0n) is 14.0. The Hall–Kier alpha value is -1.39. The maximum Gasteiger partial charge on any atom is 0.106 e. The van der Waals surface area contributed by atoms with Crippen LogP contribution in [0.25, 0.3) is 11.0 Å². The number of imidazole rings is 1. The number of nitrogens with zero attached hydrogens (tertiary/aromatic N) is 3. The Bertz CT molecular complexity index is 627. The molecule has 3 rings (SSSR count). The second-order valence-electron chi connectivity index (χ2n) is 6.52. The van der Waals surface area contributed by atoms with Crippen molar-refractivity contribution in [3.05, 3.63) is 29.6 Å². The van der Waals surface area contributed by atoms with E-state index in [0.29, 0.717) is 5.92 Å². The van der Waals surface area contributed by atoms with Gasteiger partial charge in [-0.15, -0.1) is 0 Å². The molecular formula is C18H27N3O. The fraction of sp³-hybridized carbons (Fsp3) is 0.611. The monoisotopic (exact) mass is 301 g/mol. The number of morpholine rings is 1. The van der Waals surface area contributed by atoms with E-state index < -0.39 is 0 Å². The molecule has 1 aromatic heterocycles. The number of aromatic nitrogens is 2. The molecule has 22 heavy (non-hydrogen) atoms. The minimum Gasteiger partial charge on any atom is -0.379 e. The lowest BCUT2D eigenvalue weighted by molar-refractivity contribution is 0.0369. The lowest BCUT2D eigenvalue weighted by Crippen LogP contribution is -2.37. The number of hydrogen-bond acceptors (Lipinski definition) is 3. The zero-order chi connectivity index (χ0) is 15.5. The van der Waals surface area contributed by atoms with Crippen LogP contribution in [0.4, 0.5) is 0 Å². The molecule has 0 radical (unpaired) electrons. The first-order valence-corrected chi connectivity index (χ1v) is 8.42. The quantitative estimate of drug-likeness (QED) is 0.849. The van der Waals surface area contributed by atoms with Gasteiger partial charge >= 0.3 is 0 Å². The van der Waals surface area contributed by atoms with Gasteiger partial charge in [0.25, 0.3) is 0 Å². The van der Waals surface area contributed by atoms with Crippen molar-refractivity contribution in [2.24, 2.45) is 0 Å². The highest BCUT2D eigenvalue weighted by Crippen LogP contribution is 2.22. The third kappa shape index (κ3) is 3.33. The maximum atomic E-state index is 5.41. The first-order chi connectivity index (χ1) is 10.6. The second-order valence-corrected chi connectivity index (χ2v) is 6.52. The van der Waals surface area contributed by atoms with E-state index in [2.05, 4.69) is 48.4 Å². The Morgan fingerprint density at radius 2 is 1.95 bits per heavy atom. The first-order valence-electron chi connectivity index (χ1n) is 8.42. The fourth-order valence-electron chi connectivity index (χ4n) is 3.18. The van der Waals surface area contributed by atoms with Crippen molar-refractivity contribution >= 4 is 11.0 Å². The minimum atomic E-state index is 0.557. The van der Waals surface area contributed by atoms with Crippen LogP contribution in [0.3, 0.4) is 0 Å². The van der Waals surface area contributed by atoms with Gasteiger partial charge in [0.1, 0.15) is 5.82 Å². The molecule has 1 fully saturated rings. The Kier molecular flexibility index (Phi) is 4.79. The van der Waals surface area contributed by atoms with E-state index in [1.807, 2.05) is 0 Å². The first kappa shape index (κ1) is 15.5.